The summed E-state index contributed by atoms with van der Waals surface area (Å²) in [6.45, 7) is 2.39. The molecule has 0 unspecified atom stereocenters. The van der Waals surface area contributed by atoms with E-state index in [2.05, 4.69) is 5.16 Å². The lowest BCUT2D eigenvalue weighted by Crippen LogP contribution is -2.05. The molecular formula is C10H13NO3. The molecule has 0 spiro atoms. The van der Waals surface area contributed by atoms with Gasteiger partial charge in [-0.25, -0.2) is 4.79 Å². The van der Waals surface area contributed by atoms with Crippen molar-refractivity contribution in [1.82, 2.24) is 5.16 Å². The van der Waals surface area contributed by atoms with E-state index in [0.717, 1.165) is 25.0 Å². The highest BCUT2D eigenvalue weighted by atomic mass is 16.5. The van der Waals surface area contributed by atoms with Gasteiger partial charge in [-0.3, -0.25) is 0 Å². The molecule has 0 aromatic carbocycles. The van der Waals surface area contributed by atoms with Gasteiger partial charge in [-0.15, -0.1) is 0 Å². The maximum absolute atomic E-state index is 11.3. The molecule has 1 aliphatic rings. The molecule has 0 bridgehead atoms. The largest absolute Gasteiger partial charge is 0.461 e. The molecule has 1 aromatic heterocycles. The van der Waals surface area contributed by atoms with Crippen LogP contribution in [0.3, 0.4) is 0 Å². The highest BCUT2D eigenvalue weighted by Gasteiger charge is 2.29. The van der Waals surface area contributed by atoms with Gasteiger partial charge in [-0.05, 0) is 19.3 Å². The van der Waals surface area contributed by atoms with Crippen molar-refractivity contribution in [1.29, 1.82) is 0 Å². The average molecular weight is 195 g/mol. The molecule has 1 saturated carbocycles. The summed E-state index contributed by atoms with van der Waals surface area (Å²) in [6.07, 6.45) is 3.09. The van der Waals surface area contributed by atoms with Crippen molar-refractivity contribution < 1.29 is 14.1 Å². The minimum Gasteiger partial charge on any atom is -0.461 e. The highest BCUT2D eigenvalue weighted by Crippen LogP contribution is 2.40. The van der Waals surface area contributed by atoms with Crippen LogP contribution in [-0.4, -0.2) is 17.7 Å². The molecule has 0 atom stereocenters. The van der Waals surface area contributed by atoms with Crippen molar-refractivity contribution in [3.05, 3.63) is 17.5 Å². The summed E-state index contributed by atoms with van der Waals surface area (Å²) in [4.78, 5) is 11.3. The van der Waals surface area contributed by atoms with Crippen molar-refractivity contribution >= 4 is 5.97 Å². The van der Waals surface area contributed by atoms with Crippen LogP contribution in [-0.2, 0) is 4.74 Å². The third-order valence-electron chi connectivity index (χ3n) is 2.15. The number of carbonyl (C=O) groups is 1. The summed E-state index contributed by atoms with van der Waals surface area (Å²) in [5.74, 6) is 0.908. The first kappa shape index (κ1) is 9.24. The number of carbonyl (C=O) groups excluding carboxylic acids is 1. The van der Waals surface area contributed by atoms with Gasteiger partial charge in [0.15, 0.2) is 5.69 Å². The van der Waals surface area contributed by atoms with Crippen LogP contribution in [0.5, 0.6) is 0 Å². The fourth-order valence-corrected chi connectivity index (χ4v) is 1.21. The molecule has 1 aromatic rings. The second-order valence-corrected chi connectivity index (χ2v) is 3.52. The molecule has 0 amide bonds. The van der Waals surface area contributed by atoms with E-state index in [-0.39, 0.29) is 5.97 Å². The molecule has 14 heavy (non-hydrogen) atoms. The van der Waals surface area contributed by atoms with E-state index in [4.69, 9.17) is 9.26 Å². The monoisotopic (exact) mass is 195 g/mol. The first-order valence-electron chi connectivity index (χ1n) is 4.95. The molecule has 4 heteroatoms. The fourth-order valence-electron chi connectivity index (χ4n) is 1.21. The van der Waals surface area contributed by atoms with Crippen LogP contribution in [0, 0.1) is 0 Å². The molecule has 0 aliphatic heterocycles. The van der Waals surface area contributed by atoms with Gasteiger partial charge in [0.25, 0.3) is 0 Å². The smallest absolute Gasteiger partial charge is 0.360 e. The topological polar surface area (TPSA) is 52.3 Å². The first-order chi connectivity index (χ1) is 6.81. The first-order valence-corrected chi connectivity index (χ1v) is 4.95. The molecule has 1 fully saturated rings. The van der Waals surface area contributed by atoms with Crippen LogP contribution in [0.4, 0.5) is 0 Å². The number of hydrogen-bond donors (Lipinski definition) is 0. The van der Waals surface area contributed by atoms with E-state index in [1.54, 1.807) is 6.07 Å². The second-order valence-electron chi connectivity index (χ2n) is 3.52. The maximum Gasteiger partial charge on any atom is 0.360 e. The Kier molecular flexibility index (Phi) is 2.52. The molecule has 1 aliphatic carbocycles. The van der Waals surface area contributed by atoms with Crippen molar-refractivity contribution in [3.8, 4) is 0 Å². The van der Waals surface area contributed by atoms with Crippen LogP contribution in [0.1, 0.15) is 48.4 Å². The highest BCUT2D eigenvalue weighted by molar-refractivity contribution is 5.87. The lowest BCUT2D eigenvalue weighted by molar-refractivity contribution is 0.0493. The zero-order valence-electron chi connectivity index (χ0n) is 8.16. The van der Waals surface area contributed by atoms with E-state index >= 15 is 0 Å². The number of esters is 1. The van der Waals surface area contributed by atoms with Crippen LogP contribution in [0.2, 0.25) is 0 Å². The summed E-state index contributed by atoms with van der Waals surface area (Å²) in [7, 11) is 0. The standard InChI is InChI=1S/C10H13NO3/c1-2-5-13-10(12)8-6-9(14-11-8)7-3-4-7/h6-7H,2-5H2,1H3. The van der Waals surface area contributed by atoms with Crippen LogP contribution >= 0.6 is 0 Å². The molecule has 76 valence electrons. The van der Waals surface area contributed by atoms with E-state index in [1.807, 2.05) is 6.92 Å². The van der Waals surface area contributed by atoms with Crippen molar-refractivity contribution in [2.45, 2.75) is 32.1 Å². The van der Waals surface area contributed by atoms with Crippen LogP contribution < -0.4 is 0 Å². The quantitative estimate of drug-likeness (QED) is 0.690. The van der Waals surface area contributed by atoms with Crippen molar-refractivity contribution in [2.75, 3.05) is 6.61 Å². The summed E-state index contributed by atoms with van der Waals surface area (Å²) >= 11 is 0. The zero-order valence-corrected chi connectivity index (χ0v) is 8.16. The maximum atomic E-state index is 11.3. The summed E-state index contributed by atoms with van der Waals surface area (Å²) < 4.78 is 9.97. The minimum atomic E-state index is -0.387. The predicted molar refractivity (Wildman–Crippen MR) is 49.1 cm³/mol. The normalized spacial score (nSPS) is 15.5. The molecule has 0 radical (unpaired) electrons. The predicted octanol–water partition coefficient (Wildman–Crippen LogP) is 2.12. The fraction of sp³-hybridized carbons (Fsp3) is 0.600. The number of aromatic nitrogens is 1. The molecular weight excluding hydrogens is 182 g/mol. The Labute approximate surface area is 82.2 Å². The van der Waals surface area contributed by atoms with Gasteiger partial charge in [0.05, 0.1) is 6.61 Å². The summed E-state index contributed by atoms with van der Waals surface area (Å²) in [5.41, 5.74) is 0.292. The van der Waals surface area contributed by atoms with E-state index in [1.165, 1.54) is 0 Å². The van der Waals surface area contributed by atoms with Gasteiger partial charge in [0.1, 0.15) is 5.76 Å². The van der Waals surface area contributed by atoms with Gasteiger partial charge in [-0.1, -0.05) is 12.1 Å². The Morgan fingerprint density at radius 3 is 3.14 bits per heavy atom. The van der Waals surface area contributed by atoms with E-state index < -0.39 is 0 Å². The van der Waals surface area contributed by atoms with E-state index in [0.29, 0.717) is 18.2 Å². The Morgan fingerprint density at radius 2 is 2.50 bits per heavy atom. The molecule has 1 heterocycles. The lowest BCUT2D eigenvalue weighted by atomic mass is 10.3. The number of hydrogen-bond acceptors (Lipinski definition) is 4. The average Bonchev–Trinajstić information content (AvgIpc) is 2.93. The van der Waals surface area contributed by atoms with Crippen molar-refractivity contribution in [2.24, 2.45) is 0 Å². The minimum absolute atomic E-state index is 0.292. The van der Waals surface area contributed by atoms with Gasteiger partial charge >= 0.3 is 5.97 Å². The number of nitrogens with zero attached hydrogens (tertiary/aromatic N) is 1. The third kappa shape index (κ3) is 1.95. The molecule has 0 N–H and O–H groups in total. The van der Waals surface area contributed by atoms with Gasteiger partial charge in [0, 0.05) is 12.0 Å². The molecule has 2 rings (SSSR count). The van der Waals surface area contributed by atoms with Crippen molar-refractivity contribution in [3.63, 3.8) is 0 Å². The number of rotatable bonds is 4. The van der Waals surface area contributed by atoms with Gasteiger partial charge in [-0.2, -0.15) is 0 Å². The Morgan fingerprint density at radius 1 is 1.71 bits per heavy atom. The second kappa shape index (κ2) is 3.82. The summed E-state index contributed by atoms with van der Waals surface area (Å²) in [5, 5.41) is 3.68. The molecule has 0 saturated heterocycles. The lowest BCUT2D eigenvalue weighted by Gasteiger charge is -1.97. The van der Waals surface area contributed by atoms with Gasteiger partial charge < -0.3 is 9.26 Å². The van der Waals surface area contributed by atoms with Gasteiger partial charge in [0.2, 0.25) is 0 Å². The van der Waals surface area contributed by atoms with Crippen LogP contribution in [0.25, 0.3) is 0 Å². The Balaban J connectivity index is 1.97. The van der Waals surface area contributed by atoms with Crippen LogP contribution in [0.15, 0.2) is 10.6 Å². The Hall–Kier alpha value is -1.32. The molecule has 4 nitrogen and oxygen atoms in total. The van der Waals surface area contributed by atoms with E-state index in [9.17, 15) is 4.79 Å². The third-order valence-corrected chi connectivity index (χ3v) is 2.15. The Bertz CT molecular complexity index is 328. The number of ether oxygens (including phenoxy) is 1. The summed E-state index contributed by atoms with van der Waals surface area (Å²) in [6, 6.07) is 1.69. The zero-order chi connectivity index (χ0) is 9.97. The SMILES string of the molecule is CCCOC(=O)c1cc(C2CC2)on1.